The second-order valence-corrected chi connectivity index (χ2v) is 6.61. The summed E-state index contributed by atoms with van der Waals surface area (Å²) < 4.78 is 4.66. The van der Waals surface area contributed by atoms with Crippen molar-refractivity contribution in [3.05, 3.63) is 10.6 Å². The van der Waals surface area contributed by atoms with Crippen LogP contribution in [0.1, 0.15) is 67.1 Å². The first kappa shape index (κ1) is 17.6. The Morgan fingerprint density at radius 3 is 2.48 bits per heavy atom. The minimum absolute atomic E-state index is 0.104. The Morgan fingerprint density at radius 1 is 1.29 bits per heavy atom. The van der Waals surface area contributed by atoms with E-state index in [-0.39, 0.29) is 17.5 Å². The van der Waals surface area contributed by atoms with Crippen LogP contribution in [0.4, 0.5) is 5.13 Å². The van der Waals surface area contributed by atoms with Crippen LogP contribution in [-0.2, 0) is 4.74 Å². The van der Waals surface area contributed by atoms with Crippen molar-refractivity contribution in [2.75, 3.05) is 12.4 Å². The Bertz CT molecular complexity index is 497. The second kappa shape index (κ2) is 8.12. The van der Waals surface area contributed by atoms with Gasteiger partial charge in [-0.3, -0.25) is 4.79 Å². The molecule has 1 N–H and O–H groups in total. The quantitative estimate of drug-likeness (QED) is 0.584. The molecule has 1 atom stereocenters. The number of rotatable bonds is 8. The van der Waals surface area contributed by atoms with E-state index in [0.717, 1.165) is 12.8 Å². The molecule has 1 aromatic rings. The highest BCUT2D eigenvalue weighted by Crippen LogP contribution is 2.25. The van der Waals surface area contributed by atoms with Gasteiger partial charge in [-0.15, -0.1) is 0 Å². The maximum atomic E-state index is 11.6. The van der Waals surface area contributed by atoms with E-state index in [9.17, 15) is 9.59 Å². The molecule has 21 heavy (non-hydrogen) atoms. The summed E-state index contributed by atoms with van der Waals surface area (Å²) in [5.41, 5.74) is 0.104. The zero-order chi connectivity index (χ0) is 16.0. The number of carbonyl (C=O) groups excluding carboxylic acids is 2. The molecule has 5 nitrogen and oxygen atoms in total. The van der Waals surface area contributed by atoms with Gasteiger partial charge in [-0.2, -0.15) is 0 Å². The van der Waals surface area contributed by atoms with Crippen molar-refractivity contribution in [1.29, 1.82) is 0 Å². The van der Waals surface area contributed by atoms with Gasteiger partial charge in [0.25, 0.3) is 0 Å². The summed E-state index contributed by atoms with van der Waals surface area (Å²) in [5, 5.41) is 3.85. The predicted molar refractivity (Wildman–Crippen MR) is 85.2 cm³/mol. The number of aromatic nitrogens is 1. The first-order valence-corrected chi connectivity index (χ1v) is 8.03. The van der Waals surface area contributed by atoms with Gasteiger partial charge < -0.3 is 10.1 Å². The van der Waals surface area contributed by atoms with Crippen LogP contribution >= 0.6 is 11.3 Å². The summed E-state index contributed by atoms with van der Waals surface area (Å²) in [5.74, 6) is -0.0438. The number of ether oxygens (including phenoxy) is 1. The minimum Gasteiger partial charge on any atom is -0.464 e. The predicted octanol–water partition coefficient (Wildman–Crippen LogP) is 3.76. The van der Waals surface area contributed by atoms with E-state index in [1.54, 1.807) is 0 Å². The van der Waals surface area contributed by atoms with Crippen molar-refractivity contribution in [2.24, 2.45) is 5.92 Å². The van der Waals surface area contributed by atoms with Gasteiger partial charge in [-0.25, -0.2) is 9.78 Å². The fourth-order valence-electron chi connectivity index (χ4n) is 1.97. The average molecular weight is 312 g/mol. The molecule has 1 unspecified atom stereocenters. The smallest absolute Gasteiger partial charge is 0.358 e. The maximum absolute atomic E-state index is 11.6. The highest BCUT2D eigenvalue weighted by Gasteiger charge is 2.22. The van der Waals surface area contributed by atoms with E-state index in [1.165, 1.54) is 31.8 Å². The Morgan fingerprint density at radius 2 is 1.95 bits per heavy atom. The Balaban J connectivity index is 2.71. The topological polar surface area (TPSA) is 68.3 Å². The maximum Gasteiger partial charge on any atom is 0.358 e. The fraction of sp³-hybridized carbons (Fsp3) is 0.667. The SMILES string of the molecule is COC(=O)c1nc(NC(C)CCCC(C)C)sc1C(C)=O. The molecule has 0 aliphatic carbocycles. The molecule has 6 heteroatoms. The first-order valence-electron chi connectivity index (χ1n) is 7.21. The molecule has 0 saturated heterocycles. The first-order chi connectivity index (χ1) is 9.85. The number of nitrogens with one attached hydrogen (secondary N) is 1. The Hall–Kier alpha value is -1.43. The van der Waals surface area contributed by atoms with E-state index in [4.69, 9.17) is 0 Å². The summed E-state index contributed by atoms with van der Waals surface area (Å²) >= 11 is 1.21. The molecule has 1 heterocycles. The third kappa shape index (κ3) is 5.46. The molecule has 0 bridgehead atoms. The molecule has 0 aliphatic rings. The largest absolute Gasteiger partial charge is 0.464 e. The molecule has 0 aromatic carbocycles. The lowest BCUT2D eigenvalue weighted by atomic mass is 10.0. The fourth-order valence-corrected chi connectivity index (χ4v) is 2.93. The van der Waals surface area contributed by atoms with Gasteiger partial charge in [0.05, 0.1) is 7.11 Å². The van der Waals surface area contributed by atoms with Crippen molar-refractivity contribution >= 4 is 28.2 Å². The third-order valence-corrected chi connectivity index (χ3v) is 4.20. The van der Waals surface area contributed by atoms with Crippen molar-refractivity contribution in [3.8, 4) is 0 Å². The van der Waals surface area contributed by atoms with E-state index in [2.05, 4.69) is 35.8 Å². The van der Waals surface area contributed by atoms with E-state index >= 15 is 0 Å². The lowest BCUT2D eigenvalue weighted by Crippen LogP contribution is -2.15. The van der Waals surface area contributed by atoms with Crippen molar-refractivity contribution in [2.45, 2.75) is 53.0 Å². The third-order valence-electron chi connectivity index (χ3n) is 3.11. The van der Waals surface area contributed by atoms with Crippen LogP contribution in [0.5, 0.6) is 0 Å². The average Bonchev–Trinajstić information content (AvgIpc) is 2.81. The van der Waals surface area contributed by atoms with Crippen LogP contribution in [0.25, 0.3) is 0 Å². The normalized spacial score (nSPS) is 12.3. The summed E-state index contributed by atoms with van der Waals surface area (Å²) in [6, 6.07) is 0.250. The molecule has 1 aromatic heterocycles. The van der Waals surface area contributed by atoms with E-state index in [0.29, 0.717) is 15.9 Å². The number of anilines is 1. The summed E-state index contributed by atoms with van der Waals surface area (Å²) in [6.45, 7) is 7.92. The summed E-state index contributed by atoms with van der Waals surface area (Å²) in [7, 11) is 1.28. The number of methoxy groups -OCH3 is 1. The van der Waals surface area contributed by atoms with Crippen LogP contribution < -0.4 is 5.32 Å². The Labute approximate surface area is 130 Å². The lowest BCUT2D eigenvalue weighted by molar-refractivity contribution is 0.0591. The van der Waals surface area contributed by atoms with Crippen LogP contribution in [0.3, 0.4) is 0 Å². The van der Waals surface area contributed by atoms with Gasteiger partial charge >= 0.3 is 5.97 Å². The van der Waals surface area contributed by atoms with Crippen molar-refractivity contribution < 1.29 is 14.3 Å². The van der Waals surface area contributed by atoms with Crippen LogP contribution in [0, 0.1) is 5.92 Å². The van der Waals surface area contributed by atoms with E-state index < -0.39 is 5.97 Å². The molecule has 0 aliphatic heterocycles. The number of esters is 1. The zero-order valence-electron chi connectivity index (χ0n) is 13.4. The molecular formula is C15H24N2O3S. The number of nitrogens with zero attached hydrogens (tertiary/aromatic N) is 1. The number of thiazole rings is 1. The number of carbonyl (C=O) groups is 2. The van der Waals surface area contributed by atoms with Crippen molar-refractivity contribution in [3.63, 3.8) is 0 Å². The highest BCUT2D eigenvalue weighted by atomic mass is 32.1. The number of Topliss-reactive ketones (excluding diaryl/α,β-unsaturated/α-hetero) is 1. The monoisotopic (exact) mass is 312 g/mol. The van der Waals surface area contributed by atoms with E-state index in [1.807, 2.05) is 0 Å². The van der Waals surface area contributed by atoms with Gasteiger partial charge in [-0.05, 0) is 19.3 Å². The number of hydrogen-bond acceptors (Lipinski definition) is 6. The molecule has 0 amide bonds. The molecule has 0 saturated carbocycles. The second-order valence-electron chi connectivity index (χ2n) is 5.61. The van der Waals surface area contributed by atoms with Gasteiger partial charge in [0.15, 0.2) is 16.6 Å². The number of ketones is 1. The molecule has 0 radical (unpaired) electrons. The van der Waals surface area contributed by atoms with Crippen LogP contribution in [-0.4, -0.2) is 29.9 Å². The summed E-state index contributed by atoms with van der Waals surface area (Å²) in [4.78, 5) is 27.7. The number of hydrogen-bond donors (Lipinski definition) is 1. The molecule has 1 rings (SSSR count). The van der Waals surface area contributed by atoms with Gasteiger partial charge in [0.1, 0.15) is 4.88 Å². The van der Waals surface area contributed by atoms with Crippen LogP contribution in [0.2, 0.25) is 0 Å². The molecular weight excluding hydrogens is 288 g/mol. The van der Waals surface area contributed by atoms with Gasteiger partial charge in [0.2, 0.25) is 0 Å². The molecule has 0 fully saturated rings. The minimum atomic E-state index is -0.572. The van der Waals surface area contributed by atoms with Gasteiger partial charge in [-0.1, -0.05) is 38.0 Å². The Kier molecular flexibility index (Phi) is 6.81. The zero-order valence-corrected chi connectivity index (χ0v) is 14.2. The molecule has 0 spiro atoms. The summed E-state index contributed by atoms with van der Waals surface area (Å²) in [6.07, 6.45) is 3.36. The molecule has 118 valence electrons. The standard InChI is InChI=1S/C15H24N2O3S/c1-9(2)7-6-8-10(3)16-15-17-12(14(19)20-5)13(21-15)11(4)18/h9-10H,6-8H2,1-5H3,(H,16,17). The highest BCUT2D eigenvalue weighted by molar-refractivity contribution is 7.17. The van der Waals surface area contributed by atoms with Crippen LogP contribution in [0.15, 0.2) is 0 Å². The lowest BCUT2D eigenvalue weighted by Gasteiger charge is -2.13. The van der Waals surface area contributed by atoms with Crippen molar-refractivity contribution in [1.82, 2.24) is 4.98 Å². The van der Waals surface area contributed by atoms with Gasteiger partial charge in [0, 0.05) is 13.0 Å².